The lowest BCUT2D eigenvalue weighted by molar-refractivity contribution is 0.0698. The lowest BCUT2D eigenvalue weighted by Gasteiger charge is -2.11. The third kappa shape index (κ3) is 2.54. The van der Waals surface area contributed by atoms with Gasteiger partial charge in [0.05, 0.1) is 22.5 Å². The number of hydrogen-bond acceptors (Lipinski definition) is 5. The van der Waals surface area contributed by atoms with Crippen molar-refractivity contribution in [1.29, 1.82) is 0 Å². The van der Waals surface area contributed by atoms with Gasteiger partial charge in [0.15, 0.2) is 6.29 Å². The molecule has 0 bridgehead atoms. The van der Waals surface area contributed by atoms with Crippen molar-refractivity contribution in [2.45, 2.75) is 0 Å². The molecule has 2 aromatic rings. The van der Waals surface area contributed by atoms with Gasteiger partial charge in [-0.15, -0.1) is 4.91 Å². The predicted octanol–water partition coefficient (Wildman–Crippen LogP) is 3.34. The SMILES string of the molecule is O=Cc1c(N=O)cccc1Nc1ccccc1C(=O)O. The Hall–Kier alpha value is -3.02. The minimum absolute atomic E-state index is 0.00203. The van der Waals surface area contributed by atoms with Crippen LogP contribution in [0.25, 0.3) is 0 Å². The van der Waals surface area contributed by atoms with Crippen molar-refractivity contribution < 1.29 is 14.7 Å². The van der Waals surface area contributed by atoms with Crippen LogP contribution in [0.5, 0.6) is 0 Å². The number of aldehydes is 1. The van der Waals surface area contributed by atoms with Gasteiger partial charge in [-0.05, 0) is 29.4 Å². The molecule has 6 heteroatoms. The second kappa shape index (κ2) is 5.75. The molecule has 0 saturated carbocycles. The predicted molar refractivity (Wildman–Crippen MR) is 74.0 cm³/mol. The van der Waals surface area contributed by atoms with Crippen molar-refractivity contribution in [2.75, 3.05) is 5.32 Å². The molecule has 0 aliphatic carbocycles. The summed E-state index contributed by atoms with van der Waals surface area (Å²) < 4.78 is 0. The Bertz CT molecular complexity index is 683. The van der Waals surface area contributed by atoms with Gasteiger partial charge in [-0.25, -0.2) is 4.79 Å². The van der Waals surface area contributed by atoms with E-state index in [0.29, 0.717) is 17.7 Å². The largest absolute Gasteiger partial charge is 0.478 e. The molecule has 0 unspecified atom stereocenters. The zero-order valence-electron chi connectivity index (χ0n) is 10.2. The maximum absolute atomic E-state index is 11.1. The van der Waals surface area contributed by atoms with Crippen molar-refractivity contribution in [3.63, 3.8) is 0 Å². The topological polar surface area (TPSA) is 95.8 Å². The van der Waals surface area contributed by atoms with Crippen molar-refractivity contribution in [1.82, 2.24) is 0 Å². The van der Waals surface area contributed by atoms with E-state index in [-0.39, 0.29) is 16.8 Å². The number of para-hydroxylation sites is 1. The molecule has 6 nitrogen and oxygen atoms in total. The standard InChI is InChI=1S/C14H10N2O4/c17-8-10-12(6-3-7-13(10)16-20)15-11-5-2-1-4-9(11)14(18)19/h1-8,15H,(H,18,19). The Kier molecular flexibility index (Phi) is 3.85. The molecule has 0 radical (unpaired) electrons. The van der Waals surface area contributed by atoms with E-state index < -0.39 is 5.97 Å². The van der Waals surface area contributed by atoms with Crippen LogP contribution in [0, 0.1) is 4.91 Å². The van der Waals surface area contributed by atoms with Crippen LogP contribution in [0.4, 0.5) is 17.1 Å². The van der Waals surface area contributed by atoms with Crippen LogP contribution in [0.3, 0.4) is 0 Å². The highest BCUT2D eigenvalue weighted by atomic mass is 16.4. The van der Waals surface area contributed by atoms with E-state index in [1.165, 1.54) is 12.1 Å². The molecule has 2 aromatic carbocycles. The number of aromatic carboxylic acids is 1. The average molecular weight is 270 g/mol. The number of nitrogens with zero attached hydrogens (tertiary/aromatic N) is 1. The quantitative estimate of drug-likeness (QED) is 0.641. The first kappa shape index (κ1) is 13.4. The summed E-state index contributed by atoms with van der Waals surface area (Å²) in [4.78, 5) is 32.8. The van der Waals surface area contributed by atoms with Gasteiger partial charge >= 0.3 is 5.97 Å². The van der Waals surface area contributed by atoms with Crippen LogP contribution in [0.2, 0.25) is 0 Å². The van der Waals surface area contributed by atoms with E-state index in [1.54, 1.807) is 30.3 Å². The smallest absolute Gasteiger partial charge is 0.337 e. The van der Waals surface area contributed by atoms with Crippen LogP contribution in [-0.4, -0.2) is 17.4 Å². The molecule has 0 aromatic heterocycles. The number of carbonyl (C=O) groups is 2. The van der Waals surface area contributed by atoms with Crippen LogP contribution < -0.4 is 5.32 Å². The second-order valence-corrected chi connectivity index (χ2v) is 3.92. The molecule has 2 rings (SSSR count). The van der Waals surface area contributed by atoms with Gasteiger partial charge in [-0.1, -0.05) is 18.2 Å². The van der Waals surface area contributed by atoms with Crippen LogP contribution in [0.1, 0.15) is 20.7 Å². The van der Waals surface area contributed by atoms with Crippen molar-refractivity contribution in [2.24, 2.45) is 5.18 Å². The van der Waals surface area contributed by atoms with Crippen LogP contribution in [-0.2, 0) is 0 Å². The van der Waals surface area contributed by atoms with Crippen molar-refractivity contribution in [3.8, 4) is 0 Å². The van der Waals surface area contributed by atoms with Gasteiger partial charge in [-0.2, -0.15) is 0 Å². The Morgan fingerprint density at radius 2 is 1.80 bits per heavy atom. The first-order valence-electron chi connectivity index (χ1n) is 5.68. The van der Waals surface area contributed by atoms with Gasteiger partial charge in [0.2, 0.25) is 0 Å². The Balaban J connectivity index is 2.48. The number of nitrogens with one attached hydrogen (secondary N) is 1. The normalized spacial score (nSPS) is 9.80. The number of carboxylic acids is 1. The fourth-order valence-electron chi connectivity index (χ4n) is 1.79. The minimum Gasteiger partial charge on any atom is -0.478 e. The first-order chi connectivity index (χ1) is 9.67. The third-order valence-corrected chi connectivity index (χ3v) is 2.73. The molecule has 0 atom stereocenters. The van der Waals surface area contributed by atoms with Gasteiger partial charge in [0.25, 0.3) is 0 Å². The molecule has 0 amide bonds. The zero-order valence-corrected chi connectivity index (χ0v) is 10.2. The summed E-state index contributed by atoms with van der Waals surface area (Å²) >= 11 is 0. The molecule has 0 heterocycles. The number of rotatable bonds is 5. The van der Waals surface area contributed by atoms with E-state index >= 15 is 0 Å². The third-order valence-electron chi connectivity index (χ3n) is 2.73. The summed E-state index contributed by atoms with van der Waals surface area (Å²) in [5.41, 5.74) is 0.797. The maximum atomic E-state index is 11.1. The summed E-state index contributed by atoms with van der Waals surface area (Å²) in [5, 5.41) is 14.7. The van der Waals surface area contributed by atoms with Gasteiger partial charge < -0.3 is 10.4 Å². The fourth-order valence-corrected chi connectivity index (χ4v) is 1.79. The van der Waals surface area contributed by atoms with Gasteiger partial charge in [0, 0.05) is 0 Å². The van der Waals surface area contributed by atoms with E-state index in [1.807, 2.05) is 0 Å². The molecule has 2 N–H and O–H groups in total. The maximum Gasteiger partial charge on any atom is 0.337 e. The number of carbonyl (C=O) groups excluding carboxylic acids is 1. The van der Waals surface area contributed by atoms with Crippen LogP contribution in [0.15, 0.2) is 47.6 Å². The fraction of sp³-hybridized carbons (Fsp3) is 0. The monoisotopic (exact) mass is 270 g/mol. The molecule has 0 fully saturated rings. The number of carboxylic acid groups (broad SMARTS) is 1. The summed E-state index contributed by atoms with van der Waals surface area (Å²) in [6.45, 7) is 0. The summed E-state index contributed by atoms with van der Waals surface area (Å²) in [7, 11) is 0. The summed E-state index contributed by atoms with van der Waals surface area (Å²) in [6.07, 6.45) is 0.502. The first-order valence-corrected chi connectivity index (χ1v) is 5.68. The lowest BCUT2D eigenvalue weighted by atomic mass is 10.1. The molecule has 0 spiro atoms. The average Bonchev–Trinajstić information content (AvgIpc) is 2.47. The molecular weight excluding hydrogens is 260 g/mol. The van der Waals surface area contributed by atoms with E-state index in [0.717, 1.165) is 0 Å². The Labute approximate surface area is 114 Å². The highest BCUT2D eigenvalue weighted by Gasteiger charge is 2.12. The molecular formula is C14H10N2O4. The highest BCUT2D eigenvalue weighted by molar-refractivity contribution is 5.97. The van der Waals surface area contributed by atoms with E-state index in [9.17, 15) is 14.5 Å². The summed E-state index contributed by atoms with van der Waals surface area (Å²) in [6, 6.07) is 10.8. The van der Waals surface area contributed by atoms with E-state index in [4.69, 9.17) is 5.11 Å². The Morgan fingerprint density at radius 1 is 1.10 bits per heavy atom. The highest BCUT2D eigenvalue weighted by Crippen LogP contribution is 2.28. The zero-order chi connectivity index (χ0) is 14.5. The molecule has 100 valence electrons. The van der Waals surface area contributed by atoms with Crippen LogP contribution >= 0.6 is 0 Å². The second-order valence-electron chi connectivity index (χ2n) is 3.92. The van der Waals surface area contributed by atoms with Crippen molar-refractivity contribution >= 4 is 29.3 Å². The molecule has 0 saturated heterocycles. The molecule has 0 aliphatic rings. The van der Waals surface area contributed by atoms with Gasteiger partial charge in [0.1, 0.15) is 5.69 Å². The molecule has 20 heavy (non-hydrogen) atoms. The van der Waals surface area contributed by atoms with E-state index in [2.05, 4.69) is 10.5 Å². The number of anilines is 2. The summed E-state index contributed by atoms with van der Waals surface area (Å²) in [5.74, 6) is -1.09. The number of hydrogen-bond donors (Lipinski definition) is 2. The lowest BCUT2D eigenvalue weighted by Crippen LogP contribution is -2.03. The van der Waals surface area contributed by atoms with Gasteiger partial charge in [-0.3, -0.25) is 4.79 Å². The van der Waals surface area contributed by atoms with Crippen molar-refractivity contribution in [3.05, 3.63) is 58.5 Å². The molecule has 0 aliphatic heterocycles. The number of benzene rings is 2. The minimum atomic E-state index is -1.09. The number of nitroso groups, excluding NO2 is 1. The Morgan fingerprint density at radius 3 is 2.45 bits per heavy atom.